The molecule has 0 unspecified atom stereocenters. The zero-order chi connectivity index (χ0) is 44.7. The van der Waals surface area contributed by atoms with Gasteiger partial charge < -0.3 is 20.0 Å². The van der Waals surface area contributed by atoms with Crippen LogP contribution < -0.4 is 9.80 Å². The van der Waals surface area contributed by atoms with Crippen molar-refractivity contribution in [1.82, 2.24) is 0 Å². The zero-order valence-electron chi connectivity index (χ0n) is 35.6. The minimum absolute atomic E-state index is 0.174. The molecule has 0 aromatic heterocycles. The summed E-state index contributed by atoms with van der Waals surface area (Å²) in [6, 6.07) is 69.4. The molecule has 0 aliphatic heterocycles. The third-order valence-electron chi connectivity index (χ3n) is 10.5. The molecule has 0 heterocycles. The van der Waals surface area contributed by atoms with E-state index in [1.165, 1.54) is 0 Å². The molecule has 0 aliphatic carbocycles. The average Bonchev–Trinajstić information content (AvgIpc) is 3.32. The van der Waals surface area contributed by atoms with Crippen LogP contribution in [-0.4, -0.2) is 35.7 Å². The van der Waals surface area contributed by atoms with Crippen molar-refractivity contribution in [2.24, 2.45) is 15.4 Å². The zero-order valence-corrected chi connectivity index (χ0v) is 38.5. The Labute approximate surface area is 383 Å². The molecule has 0 aliphatic rings. The standard InChI is InChI=1S/C55H48N4O2.2O.W/c1-55(2,39-56-37-45-25-23-43(35-53(45)60)41-27-31-51(32-28-41)58(47-15-7-3-8-16-47)48-17-9-4-10-18-48)40-57-38-46-26-24-44(36-54(46)61)42-29-33-52(34-30-42)59(49-19-11-5-12-20-49)50-21-13-6-14-22-50;;;/h3-38,60-61H,39-40H2,1-2H3;;;. The SMILES string of the molecule is CC(C)(CN=Cc1ccc(-c2ccc(N(c3ccccc3)c3ccccc3)cc2)cc1O)CN=Cc1ccc(-c2ccc(N(c3ccccc3)c3ccccc3)cc2)cc1O.[O]=[W]=[O]. The molecule has 2 N–H and O–H groups in total. The Morgan fingerprint density at radius 3 is 0.969 bits per heavy atom. The molecule has 9 heteroatoms. The van der Waals surface area contributed by atoms with Crippen molar-refractivity contribution in [2.75, 3.05) is 22.9 Å². The van der Waals surface area contributed by atoms with Crippen molar-refractivity contribution in [1.29, 1.82) is 0 Å². The second-order valence-corrected chi connectivity index (χ2v) is 16.3. The van der Waals surface area contributed by atoms with Crippen molar-refractivity contribution in [3.05, 3.63) is 217 Å². The number of para-hydroxylation sites is 4. The van der Waals surface area contributed by atoms with Crippen LogP contribution >= 0.6 is 0 Å². The van der Waals surface area contributed by atoms with Crippen LogP contribution in [0.4, 0.5) is 34.1 Å². The molecule has 0 bridgehead atoms. The number of hydrogen-bond donors (Lipinski definition) is 2. The normalized spacial score (nSPS) is 11.2. The van der Waals surface area contributed by atoms with Crippen molar-refractivity contribution < 1.29 is 35.5 Å². The summed E-state index contributed by atoms with van der Waals surface area (Å²) in [7, 11) is 0. The van der Waals surface area contributed by atoms with E-state index in [1.807, 2.05) is 97.1 Å². The summed E-state index contributed by atoms with van der Waals surface area (Å²) in [5, 5.41) is 22.0. The Morgan fingerprint density at radius 2 is 0.688 bits per heavy atom. The summed E-state index contributed by atoms with van der Waals surface area (Å²) in [5.41, 5.74) is 11.3. The van der Waals surface area contributed by atoms with Crippen molar-refractivity contribution >= 4 is 46.6 Å². The number of aromatic hydroxyl groups is 2. The number of anilines is 6. The Balaban J connectivity index is 0.00000199. The van der Waals surface area contributed by atoms with Crippen LogP contribution in [0.1, 0.15) is 25.0 Å². The Kier molecular flexibility index (Phi) is 15.1. The van der Waals surface area contributed by atoms with E-state index in [-0.39, 0.29) is 16.9 Å². The first-order chi connectivity index (χ1) is 31.2. The monoisotopic (exact) mass is 1010 g/mol. The van der Waals surface area contributed by atoms with E-state index in [0.717, 1.165) is 56.4 Å². The van der Waals surface area contributed by atoms with Gasteiger partial charge in [0.05, 0.1) is 0 Å². The molecule has 0 fully saturated rings. The fraction of sp³-hybridized carbons (Fsp3) is 0.0909. The predicted octanol–water partition coefficient (Wildman–Crippen LogP) is 13.7. The molecule has 8 rings (SSSR count). The van der Waals surface area contributed by atoms with Gasteiger partial charge in [-0.15, -0.1) is 0 Å². The summed E-state index contributed by atoms with van der Waals surface area (Å²) in [6.07, 6.45) is 3.45. The number of phenolic OH excluding ortho intramolecular Hbond substituents is 2. The first kappa shape index (κ1) is 44.6. The number of rotatable bonds is 14. The van der Waals surface area contributed by atoms with Crippen LogP contribution in [0.25, 0.3) is 22.3 Å². The van der Waals surface area contributed by atoms with Crippen LogP contribution in [0, 0.1) is 5.41 Å². The maximum absolute atomic E-state index is 11.0. The number of hydrogen-bond acceptors (Lipinski definition) is 8. The number of nitrogens with zero attached hydrogens (tertiary/aromatic N) is 4. The van der Waals surface area contributed by atoms with Crippen molar-refractivity contribution in [2.45, 2.75) is 13.8 Å². The number of phenols is 2. The van der Waals surface area contributed by atoms with Gasteiger partial charge in [0.2, 0.25) is 0 Å². The number of aliphatic imine (C=N–C) groups is 2. The molecule has 0 atom stereocenters. The van der Waals surface area contributed by atoms with Gasteiger partial charge >= 0.3 is 25.3 Å². The van der Waals surface area contributed by atoms with Gasteiger partial charge in [-0.3, -0.25) is 9.98 Å². The molecule has 0 amide bonds. The fourth-order valence-corrected chi connectivity index (χ4v) is 7.31. The van der Waals surface area contributed by atoms with Gasteiger partial charge in [-0.25, -0.2) is 0 Å². The van der Waals surface area contributed by atoms with Crippen molar-refractivity contribution in [3.8, 4) is 33.8 Å². The van der Waals surface area contributed by atoms with Gasteiger partial charge in [-0.2, -0.15) is 0 Å². The molecule has 0 saturated carbocycles. The minimum atomic E-state index is -2.25. The molecule has 318 valence electrons. The molecule has 0 saturated heterocycles. The van der Waals surface area contributed by atoms with Gasteiger partial charge in [-0.05, 0) is 119 Å². The summed E-state index contributed by atoms with van der Waals surface area (Å²) in [5.74, 6) is 0.347. The quantitative estimate of drug-likeness (QED) is 0.105. The van der Waals surface area contributed by atoms with E-state index >= 15 is 0 Å². The van der Waals surface area contributed by atoms with Crippen LogP contribution in [0.5, 0.6) is 11.5 Å². The summed E-state index contributed by atoms with van der Waals surface area (Å²) in [6.45, 7) is 5.24. The van der Waals surface area contributed by atoms with E-state index in [0.29, 0.717) is 24.2 Å². The van der Waals surface area contributed by atoms with E-state index in [4.69, 9.17) is 6.80 Å². The summed E-state index contributed by atoms with van der Waals surface area (Å²) in [4.78, 5) is 13.8. The second kappa shape index (κ2) is 21.6. The van der Waals surface area contributed by atoms with E-state index in [2.05, 4.69) is 131 Å². The van der Waals surface area contributed by atoms with Crippen LogP contribution in [-0.2, 0) is 25.3 Å². The Morgan fingerprint density at radius 1 is 0.422 bits per heavy atom. The van der Waals surface area contributed by atoms with E-state index in [1.54, 1.807) is 24.6 Å². The molecule has 8 aromatic carbocycles. The molecular weight excluding hydrogens is 964 g/mol. The van der Waals surface area contributed by atoms with Gasteiger partial charge in [0.15, 0.2) is 0 Å². The van der Waals surface area contributed by atoms with E-state index in [9.17, 15) is 10.2 Å². The molecule has 0 radical (unpaired) electrons. The van der Waals surface area contributed by atoms with Gasteiger partial charge in [0.25, 0.3) is 0 Å². The van der Waals surface area contributed by atoms with Gasteiger partial charge in [0, 0.05) is 76.2 Å². The Hall–Kier alpha value is -7.41. The molecule has 8 nitrogen and oxygen atoms in total. The molecular formula is C55H48N4O4W. The van der Waals surface area contributed by atoms with Crippen LogP contribution in [0.15, 0.2) is 216 Å². The first-order valence-corrected chi connectivity index (χ1v) is 23.2. The molecule has 8 aromatic rings. The first-order valence-electron chi connectivity index (χ1n) is 20.8. The summed E-state index contributed by atoms with van der Waals surface area (Å²) >= 11 is -2.25. The third-order valence-corrected chi connectivity index (χ3v) is 10.5. The molecule has 64 heavy (non-hydrogen) atoms. The fourth-order valence-electron chi connectivity index (χ4n) is 7.31. The van der Waals surface area contributed by atoms with Gasteiger partial charge in [-0.1, -0.05) is 123 Å². The number of benzene rings is 8. The van der Waals surface area contributed by atoms with Crippen LogP contribution in [0.3, 0.4) is 0 Å². The van der Waals surface area contributed by atoms with E-state index < -0.39 is 18.5 Å². The van der Waals surface area contributed by atoms with Crippen molar-refractivity contribution in [3.63, 3.8) is 0 Å². The predicted molar refractivity (Wildman–Crippen MR) is 257 cm³/mol. The maximum atomic E-state index is 11.0. The second-order valence-electron chi connectivity index (χ2n) is 15.8. The Bertz CT molecular complexity index is 2560. The van der Waals surface area contributed by atoms with Crippen LogP contribution in [0.2, 0.25) is 0 Å². The molecule has 0 spiro atoms. The summed E-state index contributed by atoms with van der Waals surface area (Å²) < 4.78 is 17.1. The average molecular weight is 1010 g/mol. The van der Waals surface area contributed by atoms with Gasteiger partial charge in [0.1, 0.15) is 11.5 Å². The third kappa shape index (κ3) is 11.5. The topological polar surface area (TPSA) is 106 Å².